The van der Waals surface area contributed by atoms with E-state index >= 15 is 0 Å². The molecule has 0 aliphatic rings. The number of halogens is 1. The van der Waals surface area contributed by atoms with Crippen LogP contribution in [0.5, 0.6) is 0 Å². The zero-order valence-corrected chi connectivity index (χ0v) is 8.50. The van der Waals surface area contributed by atoms with Crippen molar-refractivity contribution in [3.05, 3.63) is 35.6 Å². The van der Waals surface area contributed by atoms with Crippen molar-refractivity contribution in [2.75, 3.05) is 0 Å². The van der Waals surface area contributed by atoms with Crippen molar-refractivity contribution in [1.82, 2.24) is 0 Å². The summed E-state index contributed by atoms with van der Waals surface area (Å²) in [6.45, 7) is 4.88. The van der Waals surface area contributed by atoms with Gasteiger partial charge in [0.1, 0.15) is 11.4 Å². The first-order valence-corrected chi connectivity index (χ1v) is 4.37. The predicted octanol–water partition coefficient (Wildman–Crippen LogP) is 2.62. The van der Waals surface area contributed by atoms with Gasteiger partial charge in [-0.15, -0.1) is 0 Å². The molecule has 14 heavy (non-hydrogen) atoms. The second kappa shape index (κ2) is 3.78. The van der Waals surface area contributed by atoms with Gasteiger partial charge in [0, 0.05) is 6.92 Å². The first kappa shape index (κ1) is 10.7. The van der Waals surface area contributed by atoms with Crippen LogP contribution in [0.3, 0.4) is 0 Å². The fraction of sp³-hybridized carbons (Fsp3) is 0.364. The number of carbonyl (C=O) groups is 1. The normalized spacial score (nSPS) is 11.1. The van der Waals surface area contributed by atoms with Crippen molar-refractivity contribution in [2.24, 2.45) is 0 Å². The van der Waals surface area contributed by atoms with Crippen LogP contribution in [0.4, 0.5) is 4.39 Å². The molecule has 1 rings (SSSR count). The zero-order chi connectivity index (χ0) is 10.8. The molecule has 0 bridgehead atoms. The van der Waals surface area contributed by atoms with Crippen LogP contribution in [0, 0.1) is 5.82 Å². The molecule has 0 radical (unpaired) electrons. The lowest BCUT2D eigenvalue weighted by atomic mass is 9.98. The summed E-state index contributed by atoms with van der Waals surface area (Å²) in [6.07, 6.45) is 0. The molecule has 0 saturated carbocycles. The van der Waals surface area contributed by atoms with Crippen LogP contribution in [0.15, 0.2) is 24.3 Å². The van der Waals surface area contributed by atoms with Gasteiger partial charge in [-0.25, -0.2) is 4.39 Å². The molecule has 2 nitrogen and oxygen atoms in total. The summed E-state index contributed by atoms with van der Waals surface area (Å²) in [7, 11) is 0. The minimum atomic E-state index is -0.709. The van der Waals surface area contributed by atoms with E-state index in [-0.39, 0.29) is 11.8 Å². The second-order valence-electron chi connectivity index (χ2n) is 3.61. The van der Waals surface area contributed by atoms with E-state index in [2.05, 4.69) is 0 Å². The molecule has 3 heteroatoms. The molecular weight excluding hydrogens is 183 g/mol. The number of rotatable bonds is 2. The lowest BCUT2D eigenvalue weighted by molar-refractivity contribution is -0.154. The molecule has 0 aliphatic heterocycles. The van der Waals surface area contributed by atoms with Crippen molar-refractivity contribution < 1.29 is 13.9 Å². The largest absolute Gasteiger partial charge is 0.455 e. The van der Waals surface area contributed by atoms with Crippen LogP contribution in [-0.2, 0) is 15.1 Å². The summed E-state index contributed by atoms with van der Waals surface area (Å²) < 4.78 is 17.7. The Hall–Kier alpha value is -1.38. The van der Waals surface area contributed by atoms with Crippen LogP contribution >= 0.6 is 0 Å². The molecule has 76 valence electrons. The fourth-order valence-corrected chi connectivity index (χ4v) is 1.27. The lowest BCUT2D eigenvalue weighted by Crippen LogP contribution is -2.24. The first-order valence-electron chi connectivity index (χ1n) is 4.37. The second-order valence-corrected chi connectivity index (χ2v) is 3.61. The average molecular weight is 196 g/mol. The SMILES string of the molecule is CC(=O)OC(C)(C)c1ccc(F)cc1. The van der Waals surface area contributed by atoms with Crippen molar-refractivity contribution in [2.45, 2.75) is 26.4 Å². The molecule has 0 aromatic heterocycles. The van der Waals surface area contributed by atoms with Crippen LogP contribution in [0.1, 0.15) is 26.3 Å². The monoisotopic (exact) mass is 196 g/mol. The maximum Gasteiger partial charge on any atom is 0.303 e. The minimum absolute atomic E-state index is 0.299. The topological polar surface area (TPSA) is 26.3 Å². The smallest absolute Gasteiger partial charge is 0.303 e. The number of esters is 1. The van der Waals surface area contributed by atoms with E-state index < -0.39 is 5.60 Å². The predicted molar refractivity (Wildman–Crippen MR) is 51.2 cm³/mol. The van der Waals surface area contributed by atoms with E-state index in [9.17, 15) is 9.18 Å². The number of benzene rings is 1. The van der Waals surface area contributed by atoms with Crippen LogP contribution in [-0.4, -0.2) is 5.97 Å². The molecule has 0 aliphatic carbocycles. The van der Waals surface area contributed by atoms with Gasteiger partial charge < -0.3 is 4.74 Å². The third kappa shape index (κ3) is 2.55. The molecule has 0 atom stereocenters. The van der Waals surface area contributed by atoms with Gasteiger partial charge in [-0.1, -0.05) is 12.1 Å². The van der Waals surface area contributed by atoms with E-state index in [4.69, 9.17) is 4.74 Å². The Bertz CT molecular complexity index is 328. The molecule has 0 fully saturated rings. The number of hydrogen-bond acceptors (Lipinski definition) is 2. The van der Waals surface area contributed by atoms with E-state index in [0.717, 1.165) is 5.56 Å². The van der Waals surface area contributed by atoms with Gasteiger partial charge in [0.15, 0.2) is 0 Å². The molecule has 1 aromatic carbocycles. The van der Waals surface area contributed by atoms with E-state index in [1.54, 1.807) is 26.0 Å². The van der Waals surface area contributed by atoms with Crippen molar-refractivity contribution >= 4 is 5.97 Å². The van der Waals surface area contributed by atoms with Crippen molar-refractivity contribution in [3.63, 3.8) is 0 Å². The third-order valence-corrected chi connectivity index (χ3v) is 1.94. The third-order valence-electron chi connectivity index (χ3n) is 1.94. The van der Waals surface area contributed by atoms with Gasteiger partial charge >= 0.3 is 5.97 Å². The number of carbonyl (C=O) groups excluding carboxylic acids is 1. The molecule has 0 spiro atoms. The average Bonchev–Trinajstić information content (AvgIpc) is 2.02. The van der Waals surface area contributed by atoms with E-state index in [1.807, 2.05) is 0 Å². The van der Waals surface area contributed by atoms with Crippen LogP contribution < -0.4 is 0 Å². The highest BCUT2D eigenvalue weighted by atomic mass is 19.1. The van der Waals surface area contributed by atoms with Gasteiger partial charge in [0.25, 0.3) is 0 Å². The van der Waals surface area contributed by atoms with Gasteiger partial charge in [0.2, 0.25) is 0 Å². The Morgan fingerprint density at radius 1 is 1.29 bits per heavy atom. The minimum Gasteiger partial charge on any atom is -0.455 e. The quantitative estimate of drug-likeness (QED) is 0.679. The van der Waals surface area contributed by atoms with Crippen LogP contribution in [0.2, 0.25) is 0 Å². The zero-order valence-electron chi connectivity index (χ0n) is 8.50. The van der Waals surface area contributed by atoms with E-state index in [0.29, 0.717) is 0 Å². The summed E-state index contributed by atoms with van der Waals surface area (Å²) in [5.41, 5.74) is 0.0635. The van der Waals surface area contributed by atoms with Gasteiger partial charge in [0.05, 0.1) is 0 Å². The molecule has 0 saturated heterocycles. The maximum atomic E-state index is 12.6. The molecule has 0 amide bonds. The standard InChI is InChI=1S/C11H13FO2/c1-8(13)14-11(2,3)9-4-6-10(12)7-5-9/h4-7H,1-3H3. The Morgan fingerprint density at radius 3 is 2.21 bits per heavy atom. The summed E-state index contributed by atoms with van der Waals surface area (Å²) >= 11 is 0. The Balaban J connectivity index is 2.91. The Kier molecular flexibility index (Phi) is 2.89. The summed E-state index contributed by atoms with van der Waals surface area (Å²) in [5.74, 6) is -0.647. The summed E-state index contributed by atoms with van der Waals surface area (Å²) in [4.78, 5) is 10.8. The van der Waals surface area contributed by atoms with Crippen molar-refractivity contribution in [1.29, 1.82) is 0 Å². The molecular formula is C11H13FO2. The molecule has 1 aromatic rings. The fourth-order valence-electron chi connectivity index (χ4n) is 1.27. The molecule has 0 N–H and O–H groups in total. The highest BCUT2D eigenvalue weighted by Gasteiger charge is 2.23. The van der Waals surface area contributed by atoms with Crippen LogP contribution in [0.25, 0.3) is 0 Å². The number of ether oxygens (including phenoxy) is 1. The van der Waals surface area contributed by atoms with Crippen molar-refractivity contribution in [3.8, 4) is 0 Å². The Labute approximate surface area is 82.7 Å². The highest BCUT2D eigenvalue weighted by Crippen LogP contribution is 2.24. The first-order chi connectivity index (χ1) is 6.42. The Morgan fingerprint density at radius 2 is 1.79 bits per heavy atom. The maximum absolute atomic E-state index is 12.6. The summed E-state index contributed by atoms with van der Waals surface area (Å²) in [6, 6.07) is 5.91. The van der Waals surface area contributed by atoms with Gasteiger partial charge in [-0.05, 0) is 31.5 Å². The lowest BCUT2D eigenvalue weighted by Gasteiger charge is -2.24. The van der Waals surface area contributed by atoms with Gasteiger partial charge in [-0.2, -0.15) is 0 Å². The number of hydrogen-bond donors (Lipinski definition) is 0. The van der Waals surface area contributed by atoms with Gasteiger partial charge in [-0.3, -0.25) is 4.79 Å². The molecule has 0 unspecified atom stereocenters. The summed E-state index contributed by atoms with van der Waals surface area (Å²) in [5, 5.41) is 0. The highest BCUT2D eigenvalue weighted by molar-refractivity contribution is 5.66. The molecule has 0 heterocycles. The van der Waals surface area contributed by atoms with E-state index in [1.165, 1.54) is 19.1 Å².